The number of rotatable bonds is 7. The fourth-order valence-corrected chi connectivity index (χ4v) is 4.41. The van der Waals surface area contributed by atoms with Crippen molar-refractivity contribution < 1.29 is 23.4 Å². The molecule has 2 aliphatic heterocycles. The van der Waals surface area contributed by atoms with Gasteiger partial charge in [-0.2, -0.15) is 0 Å². The zero-order valence-corrected chi connectivity index (χ0v) is 17.5. The van der Waals surface area contributed by atoms with Crippen LogP contribution < -0.4 is 15.4 Å². The second-order valence-electron chi connectivity index (χ2n) is 7.80. The van der Waals surface area contributed by atoms with E-state index in [9.17, 15) is 18.7 Å². The van der Waals surface area contributed by atoms with Crippen molar-refractivity contribution in [2.75, 3.05) is 19.7 Å². The topological polar surface area (TPSA) is 70.6 Å². The zero-order valence-electron chi connectivity index (χ0n) is 16.8. The Labute approximate surface area is 184 Å². The molecule has 2 aromatic carbocycles. The van der Waals surface area contributed by atoms with Crippen molar-refractivity contribution >= 4 is 23.1 Å². The minimum Gasteiger partial charge on any atom is -0.489 e. The molecule has 2 aliphatic rings. The van der Waals surface area contributed by atoms with Gasteiger partial charge in [0, 0.05) is 19.1 Å². The summed E-state index contributed by atoms with van der Waals surface area (Å²) < 4.78 is 32.5. The lowest BCUT2D eigenvalue weighted by Crippen LogP contribution is -2.58. The van der Waals surface area contributed by atoms with Crippen LogP contribution in [-0.4, -0.2) is 42.9 Å². The van der Waals surface area contributed by atoms with Crippen molar-refractivity contribution in [3.05, 3.63) is 69.8 Å². The SMILES string of the molecule is O=C(O)C1=C(c2ccc(CCCOc3c(F)ccc(F)c3Cl)cc2)C[C@@H]2CNC[C@H]1N2. The fourth-order valence-electron chi connectivity index (χ4n) is 4.20. The second kappa shape index (κ2) is 9.34. The molecule has 2 atom stereocenters. The summed E-state index contributed by atoms with van der Waals surface area (Å²) in [5.74, 6) is -2.57. The van der Waals surface area contributed by atoms with Crippen LogP contribution in [0.3, 0.4) is 0 Å². The molecule has 4 rings (SSSR count). The predicted octanol–water partition coefficient (Wildman–Crippen LogP) is 3.80. The molecule has 1 fully saturated rings. The number of halogens is 3. The Bertz CT molecular complexity index is 1010. The van der Waals surface area contributed by atoms with Crippen LogP contribution >= 0.6 is 11.6 Å². The Morgan fingerprint density at radius 2 is 1.87 bits per heavy atom. The van der Waals surface area contributed by atoms with Gasteiger partial charge in [-0.1, -0.05) is 35.9 Å². The number of ether oxygens (including phenoxy) is 1. The second-order valence-corrected chi connectivity index (χ2v) is 8.18. The van der Waals surface area contributed by atoms with E-state index in [0.29, 0.717) is 31.4 Å². The molecule has 31 heavy (non-hydrogen) atoms. The van der Waals surface area contributed by atoms with Crippen molar-refractivity contribution in [1.29, 1.82) is 0 Å². The molecule has 0 saturated carbocycles. The molecular formula is C23H23ClF2N2O3. The minimum atomic E-state index is -0.890. The monoisotopic (exact) mass is 448 g/mol. The van der Waals surface area contributed by atoms with Gasteiger partial charge in [-0.15, -0.1) is 0 Å². The smallest absolute Gasteiger partial charge is 0.333 e. The van der Waals surface area contributed by atoms with Crippen LogP contribution in [0, 0.1) is 11.6 Å². The maximum Gasteiger partial charge on any atom is 0.333 e. The van der Waals surface area contributed by atoms with Crippen LogP contribution in [0.2, 0.25) is 5.02 Å². The summed E-state index contributed by atoms with van der Waals surface area (Å²) >= 11 is 5.76. The highest BCUT2D eigenvalue weighted by molar-refractivity contribution is 6.32. The zero-order chi connectivity index (χ0) is 22.0. The number of carboxylic acids is 1. The van der Waals surface area contributed by atoms with Gasteiger partial charge in [0.1, 0.15) is 10.8 Å². The van der Waals surface area contributed by atoms with E-state index in [-0.39, 0.29) is 29.5 Å². The molecule has 3 N–H and O–H groups in total. The number of nitrogens with one attached hydrogen (secondary N) is 2. The van der Waals surface area contributed by atoms with Gasteiger partial charge in [-0.3, -0.25) is 0 Å². The van der Waals surface area contributed by atoms with Gasteiger partial charge in [-0.25, -0.2) is 13.6 Å². The van der Waals surface area contributed by atoms with Crippen LogP contribution in [-0.2, 0) is 11.2 Å². The van der Waals surface area contributed by atoms with Gasteiger partial charge in [0.15, 0.2) is 11.6 Å². The lowest BCUT2D eigenvalue weighted by molar-refractivity contribution is -0.133. The normalized spacial score (nSPS) is 20.6. The van der Waals surface area contributed by atoms with Crippen LogP contribution in [0.5, 0.6) is 5.75 Å². The van der Waals surface area contributed by atoms with E-state index in [4.69, 9.17) is 16.3 Å². The molecule has 2 bridgehead atoms. The molecule has 164 valence electrons. The first kappa shape index (κ1) is 21.7. The van der Waals surface area contributed by atoms with E-state index < -0.39 is 17.6 Å². The standard InChI is InChI=1S/C23H23ClF2N2O3/c24-21-17(25)7-8-18(26)22(21)31-9-1-2-13-3-5-14(6-4-13)16-10-15-11-27-12-19(28-15)20(16)23(29)30/h3-8,15,19,27-28H,1-2,9-12H2,(H,29,30)/t15-,19-/m1/s1. The van der Waals surface area contributed by atoms with E-state index in [1.54, 1.807) is 0 Å². The van der Waals surface area contributed by atoms with Gasteiger partial charge in [-0.05, 0) is 48.1 Å². The molecule has 1 saturated heterocycles. The Hall–Kier alpha value is -2.48. The molecule has 0 aliphatic carbocycles. The number of carboxylic acid groups (broad SMARTS) is 1. The minimum absolute atomic E-state index is 0.188. The summed E-state index contributed by atoms with van der Waals surface area (Å²) in [5, 5.41) is 16.0. The summed E-state index contributed by atoms with van der Waals surface area (Å²) in [6.07, 6.45) is 1.93. The quantitative estimate of drug-likeness (QED) is 0.444. The first-order chi connectivity index (χ1) is 14.9. The summed E-state index contributed by atoms with van der Waals surface area (Å²) in [6.45, 7) is 1.62. The van der Waals surface area contributed by atoms with Crippen molar-refractivity contribution in [1.82, 2.24) is 10.6 Å². The molecular weight excluding hydrogens is 426 g/mol. The van der Waals surface area contributed by atoms with E-state index in [0.717, 1.165) is 35.4 Å². The highest BCUT2D eigenvalue weighted by Crippen LogP contribution is 2.32. The maximum absolute atomic E-state index is 13.7. The fraction of sp³-hybridized carbons (Fsp3) is 0.348. The van der Waals surface area contributed by atoms with Crippen LogP contribution in [0.1, 0.15) is 24.0 Å². The third-order valence-electron chi connectivity index (χ3n) is 5.69. The van der Waals surface area contributed by atoms with Gasteiger partial charge >= 0.3 is 5.97 Å². The Kier molecular flexibility index (Phi) is 6.55. The lowest BCUT2D eigenvalue weighted by atomic mass is 9.84. The average Bonchev–Trinajstić information content (AvgIpc) is 2.76. The van der Waals surface area contributed by atoms with E-state index in [1.165, 1.54) is 0 Å². The van der Waals surface area contributed by atoms with Crippen molar-refractivity contribution in [3.63, 3.8) is 0 Å². The lowest BCUT2D eigenvalue weighted by Gasteiger charge is -2.38. The van der Waals surface area contributed by atoms with Crippen molar-refractivity contribution in [2.45, 2.75) is 31.3 Å². The first-order valence-electron chi connectivity index (χ1n) is 10.2. The molecule has 0 unspecified atom stereocenters. The molecule has 0 radical (unpaired) electrons. The average molecular weight is 449 g/mol. The van der Waals surface area contributed by atoms with Crippen molar-refractivity contribution in [3.8, 4) is 5.75 Å². The Morgan fingerprint density at radius 1 is 1.13 bits per heavy atom. The van der Waals surface area contributed by atoms with E-state index >= 15 is 0 Å². The summed E-state index contributed by atoms with van der Waals surface area (Å²) in [6, 6.07) is 9.82. The Balaban J connectivity index is 1.40. The number of fused-ring (bicyclic) bond motifs is 2. The Morgan fingerprint density at radius 3 is 2.61 bits per heavy atom. The van der Waals surface area contributed by atoms with E-state index in [2.05, 4.69) is 10.6 Å². The van der Waals surface area contributed by atoms with Gasteiger partial charge < -0.3 is 20.5 Å². The molecule has 8 heteroatoms. The number of aliphatic carboxylic acids is 1. The summed E-state index contributed by atoms with van der Waals surface area (Å²) in [5.41, 5.74) is 3.28. The first-order valence-corrected chi connectivity index (χ1v) is 10.6. The number of hydrogen-bond donors (Lipinski definition) is 3. The molecule has 2 heterocycles. The molecule has 2 aromatic rings. The molecule has 0 aromatic heterocycles. The maximum atomic E-state index is 13.7. The molecule has 5 nitrogen and oxygen atoms in total. The van der Waals surface area contributed by atoms with Crippen LogP contribution in [0.25, 0.3) is 5.57 Å². The number of benzene rings is 2. The van der Waals surface area contributed by atoms with E-state index in [1.807, 2.05) is 24.3 Å². The summed E-state index contributed by atoms with van der Waals surface area (Å²) in [4.78, 5) is 11.9. The van der Waals surface area contributed by atoms with Gasteiger partial charge in [0.25, 0.3) is 0 Å². The number of aryl methyl sites for hydroxylation is 1. The molecule has 0 spiro atoms. The summed E-state index contributed by atoms with van der Waals surface area (Å²) in [7, 11) is 0. The third-order valence-corrected chi connectivity index (χ3v) is 6.04. The van der Waals surface area contributed by atoms with Gasteiger partial charge in [0.05, 0.1) is 18.2 Å². The van der Waals surface area contributed by atoms with Gasteiger partial charge in [0.2, 0.25) is 0 Å². The number of piperazine rings is 1. The van der Waals surface area contributed by atoms with Crippen LogP contribution in [0.4, 0.5) is 8.78 Å². The van der Waals surface area contributed by atoms with Crippen molar-refractivity contribution in [2.24, 2.45) is 0 Å². The third kappa shape index (κ3) is 4.74. The number of hydrogen-bond acceptors (Lipinski definition) is 4. The number of carbonyl (C=O) groups is 1. The largest absolute Gasteiger partial charge is 0.489 e. The highest BCUT2D eigenvalue weighted by Gasteiger charge is 2.35. The molecule has 0 amide bonds. The highest BCUT2D eigenvalue weighted by atomic mass is 35.5. The van der Waals surface area contributed by atoms with Crippen LogP contribution in [0.15, 0.2) is 42.0 Å². The predicted molar refractivity (Wildman–Crippen MR) is 114 cm³/mol.